The molecule has 4 aromatic rings. The van der Waals surface area contributed by atoms with Crippen molar-refractivity contribution < 1.29 is 8.42 Å². The molecule has 0 saturated carbocycles. The molecule has 0 saturated heterocycles. The molecule has 126 valence electrons. The van der Waals surface area contributed by atoms with E-state index >= 15 is 0 Å². The highest BCUT2D eigenvalue weighted by Gasteiger charge is 2.25. The number of rotatable bonds is 3. The van der Waals surface area contributed by atoms with Crippen LogP contribution in [0.25, 0.3) is 21.6 Å². The van der Waals surface area contributed by atoms with Gasteiger partial charge in [0.1, 0.15) is 0 Å². The van der Waals surface area contributed by atoms with Gasteiger partial charge in [0.25, 0.3) is 10.0 Å². The van der Waals surface area contributed by atoms with Crippen LogP contribution >= 0.6 is 22.9 Å². The van der Waals surface area contributed by atoms with Crippen LogP contribution in [-0.4, -0.2) is 17.4 Å². The largest absolute Gasteiger partial charge is 0.269 e. The number of thiophene rings is 1. The van der Waals surface area contributed by atoms with Crippen LogP contribution in [0.1, 0.15) is 4.88 Å². The normalized spacial score (nSPS) is 11.9. The van der Waals surface area contributed by atoms with Gasteiger partial charge in [-0.05, 0) is 43.3 Å². The van der Waals surface area contributed by atoms with Crippen molar-refractivity contribution >= 4 is 44.0 Å². The van der Waals surface area contributed by atoms with Gasteiger partial charge in [0.15, 0.2) is 5.65 Å². The molecule has 7 heteroatoms. The summed E-state index contributed by atoms with van der Waals surface area (Å²) >= 11 is 7.82. The molecular weight excluding hydrogens is 376 g/mol. The third kappa shape index (κ3) is 2.66. The summed E-state index contributed by atoms with van der Waals surface area (Å²) in [6, 6.07) is 15.7. The summed E-state index contributed by atoms with van der Waals surface area (Å²) in [5.41, 5.74) is 0.898. The Labute approximate surface area is 154 Å². The maximum absolute atomic E-state index is 13.3. The Kier molecular flexibility index (Phi) is 3.91. The lowest BCUT2D eigenvalue weighted by Gasteiger charge is -2.10. The first kappa shape index (κ1) is 16.3. The second-order valence-electron chi connectivity index (χ2n) is 5.55. The Bertz CT molecular complexity index is 1180. The molecule has 0 bridgehead atoms. The minimum absolute atomic E-state index is 0.212. The van der Waals surface area contributed by atoms with Crippen molar-refractivity contribution in [3.8, 4) is 10.6 Å². The SMILES string of the molecule is Cc1ccc(-c2cc3c(Cl)ccnc3n2S(=O)(=O)c2ccccc2)s1. The van der Waals surface area contributed by atoms with E-state index in [4.69, 9.17) is 11.6 Å². The van der Waals surface area contributed by atoms with Crippen LogP contribution in [-0.2, 0) is 10.0 Å². The summed E-state index contributed by atoms with van der Waals surface area (Å²) in [5, 5.41) is 1.09. The molecule has 0 atom stereocenters. The van der Waals surface area contributed by atoms with E-state index in [1.54, 1.807) is 42.5 Å². The molecular formula is C18H13ClN2O2S2. The third-order valence-electron chi connectivity index (χ3n) is 3.88. The molecule has 0 radical (unpaired) electrons. The van der Waals surface area contributed by atoms with Crippen molar-refractivity contribution in [1.29, 1.82) is 0 Å². The summed E-state index contributed by atoms with van der Waals surface area (Å²) in [4.78, 5) is 6.46. The molecule has 0 amide bonds. The van der Waals surface area contributed by atoms with Crippen LogP contribution in [0.4, 0.5) is 0 Å². The van der Waals surface area contributed by atoms with Gasteiger partial charge in [0, 0.05) is 16.5 Å². The number of aromatic nitrogens is 2. The first-order valence-corrected chi connectivity index (χ1v) is 10.2. The first-order chi connectivity index (χ1) is 12.0. The zero-order valence-electron chi connectivity index (χ0n) is 13.2. The van der Waals surface area contributed by atoms with E-state index in [0.29, 0.717) is 21.7 Å². The van der Waals surface area contributed by atoms with Crippen LogP contribution in [0.3, 0.4) is 0 Å². The number of pyridine rings is 1. The zero-order valence-corrected chi connectivity index (χ0v) is 15.6. The van der Waals surface area contributed by atoms with Gasteiger partial charge in [-0.1, -0.05) is 29.8 Å². The van der Waals surface area contributed by atoms with E-state index in [1.807, 2.05) is 19.1 Å². The average molecular weight is 389 g/mol. The average Bonchev–Trinajstić information content (AvgIpc) is 3.20. The Morgan fingerprint density at radius 1 is 1.08 bits per heavy atom. The third-order valence-corrected chi connectivity index (χ3v) is 6.95. The highest BCUT2D eigenvalue weighted by molar-refractivity contribution is 7.90. The number of benzene rings is 1. The van der Waals surface area contributed by atoms with E-state index in [-0.39, 0.29) is 4.90 Å². The van der Waals surface area contributed by atoms with Gasteiger partial charge in [-0.2, -0.15) is 0 Å². The fourth-order valence-corrected chi connectivity index (χ4v) is 5.35. The zero-order chi connectivity index (χ0) is 17.6. The molecule has 0 aliphatic heterocycles. The number of aryl methyl sites for hydroxylation is 1. The molecule has 1 aromatic carbocycles. The van der Waals surface area contributed by atoms with Crippen LogP contribution in [0, 0.1) is 6.92 Å². The summed E-state index contributed by atoms with van der Waals surface area (Å²) in [6.45, 7) is 1.98. The van der Waals surface area contributed by atoms with Crippen LogP contribution in [0.2, 0.25) is 5.02 Å². The fourth-order valence-electron chi connectivity index (χ4n) is 2.73. The highest BCUT2D eigenvalue weighted by Crippen LogP contribution is 2.36. The van der Waals surface area contributed by atoms with Crippen molar-refractivity contribution in [3.05, 3.63) is 70.7 Å². The van der Waals surface area contributed by atoms with Crippen molar-refractivity contribution in [2.75, 3.05) is 0 Å². The second-order valence-corrected chi connectivity index (χ2v) is 9.03. The van der Waals surface area contributed by atoms with Gasteiger partial charge in [-0.3, -0.25) is 0 Å². The van der Waals surface area contributed by atoms with E-state index in [9.17, 15) is 8.42 Å². The Balaban J connectivity index is 2.10. The van der Waals surface area contributed by atoms with Crippen molar-refractivity contribution in [1.82, 2.24) is 8.96 Å². The van der Waals surface area contributed by atoms with Gasteiger partial charge in [0.05, 0.1) is 20.5 Å². The van der Waals surface area contributed by atoms with E-state index in [2.05, 4.69) is 4.98 Å². The molecule has 0 spiro atoms. The number of nitrogens with zero attached hydrogens (tertiary/aromatic N) is 2. The highest BCUT2D eigenvalue weighted by atomic mass is 35.5. The minimum Gasteiger partial charge on any atom is -0.237 e. The fraction of sp³-hybridized carbons (Fsp3) is 0.0556. The maximum atomic E-state index is 13.3. The van der Waals surface area contributed by atoms with Crippen molar-refractivity contribution in [2.45, 2.75) is 11.8 Å². The molecule has 0 unspecified atom stereocenters. The molecule has 0 aliphatic rings. The molecule has 4 nitrogen and oxygen atoms in total. The summed E-state index contributed by atoms with van der Waals surface area (Å²) < 4.78 is 27.9. The molecule has 25 heavy (non-hydrogen) atoms. The Hall–Kier alpha value is -2.15. The quantitative estimate of drug-likeness (QED) is 0.498. The molecule has 0 aliphatic carbocycles. The smallest absolute Gasteiger partial charge is 0.237 e. The predicted molar refractivity (Wildman–Crippen MR) is 102 cm³/mol. The monoisotopic (exact) mass is 388 g/mol. The number of halogens is 1. The summed E-state index contributed by atoms with van der Waals surface area (Å²) in [7, 11) is -3.81. The lowest BCUT2D eigenvalue weighted by molar-refractivity contribution is 0.589. The molecule has 0 fully saturated rings. The number of hydrogen-bond donors (Lipinski definition) is 0. The van der Waals surface area contributed by atoms with Crippen LogP contribution in [0.5, 0.6) is 0 Å². The second kappa shape index (κ2) is 5.98. The van der Waals surface area contributed by atoms with Gasteiger partial charge >= 0.3 is 0 Å². The van der Waals surface area contributed by atoms with Gasteiger partial charge in [0.2, 0.25) is 0 Å². The molecule has 3 heterocycles. The van der Waals surface area contributed by atoms with Crippen LogP contribution in [0.15, 0.2) is 65.7 Å². The van der Waals surface area contributed by atoms with Gasteiger partial charge in [-0.15, -0.1) is 11.3 Å². The Morgan fingerprint density at radius 3 is 2.52 bits per heavy atom. The summed E-state index contributed by atoms with van der Waals surface area (Å²) in [6.07, 6.45) is 1.52. The van der Waals surface area contributed by atoms with Crippen molar-refractivity contribution in [3.63, 3.8) is 0 Å². The Morgan fingerprint density at radius 2 is 1.84 bits per heavy atom. The summed E-state index contributed by atoms with van der Waals surface area (Å²) in [5.74, 6) is 0. The van der Waals surface area contributed by atoms with Crippen LogP contribution < -0.4 is 0 Å². The van der Waals surface area contributed by atoms with E-state index in [0.717, 1.165) is 9.75 Å². The van der Waals surface area contributed by atoms with Gasteiger partial charge in [-0.25, -0.2) is 17.4 Å². The maximum Gasteiger partial charge on any atom is 0.269 e. The predicted octanol–water partition coefficient (Wildman–Crippen LogP) is 4.96. The lowest BCUT2D eigenvalue weighted by atomic mass is 10.3. The minimum atomic E-state index is -3.81. The van der Waals surface area contributed by atoms with Crippen molar-refractivity contribution in [2.24, 2.45) is 0 Å². The first-order valence-electron chi connectivity index (χ1n) is 7.52. The number of hydrogen-bond acceptors (Lipinski definition) is 4. The van der Waals surface area contributed by atoms with E-state index < -0.39 is 10.0 Å². The lowest BCUT2D eigenvalue weighted by Crippen LogP contribution is -2.14. The molecule has 3 aromatic heterocycles. The standard InChI is InChI=1S/C18H13ClN2O2S2/c1-12-7-8-17(24-12)16-11-14-15(19)9-10-20-18(14)21(16)25(22,23)13-5-3-2-4-6-13/h2-11H,1H3. The molecule has 4 rings (SSSR count). The number of fused-ring (bicyclic) bond motifs is 1. The molecule has 0 N–H and O–H groups in total. The van der Waals surface area contributed by atoms with E-state index in [1.165, 1.54) is 21.5 Å². The van der Waals surface area contributed by atoms with Gasteiger partial charge < -0.3 is 0 Å². The topological polar surface area (TPSA) is 52.0 Å².